The van der Waals surface area contributed by atoms with Crippen LogP contribution in [0.5, 0.6) is 0 Å². The Morgan fingerprint density at radius 3 is 1.84 bits per heavy atom. The maximum absolute atomic E-state index is 9.77. The van der Waals surface area contributed by atoms with Gasteiger partial charge in [0.2, 0.25) is 0 Å². The third kappa shape index (κ3) is 10.7. The lowest BCUT2D eigenvalue weighted by molar-refractivity contribution is -0.137. The molecule has 2 aliphatic carbocycles. The predicted molar refractivity (Wildman–Crippen MR) is 130 cm³/mol. The molecule has 0 spiro atoms. The van der Waals surface area contributed by atoms with Crippen LogP contribution in [0.2, 0.25) is 0 Å². The normalized spacial score (nSPS) is 29.0. The van der Waals surface area contributed by atoms with Crippen LogP contribution in [0.1, 0.15) is 142 Å². The van der Waals surface area contributed by atoms with Gasteiger partial charge in [-0.2, -0.15) is 5.26 Å². The van der Waals surface area contributed by atoms with Crippen molar-refractivity contribution >= 4 is 0 Å². The van der Waals surface area contributed by atoms with Crippen molar-refractivity contribution < 1.29 is 9.47 Å². The highest BCUT2D eigenvalue weighted by atomic mass is 16.7. The molecule has 2 aliphatic rings. The van der Waals surface area contributed by atoms with E-state index >= 15 is 0 Å². The van der Waals surface area contributed by atoms with E-state index in [0.29, 0.717) is 19.0 Å². The Hall–Kier alpha value is -0.590. The standard InChI is InChI=1S/C28H51NO2/c1-3-5-7-9-11-13-25-14-16-26(17-15-25)30-24-31-27-18-21-28(23-29,22-19-27)20-12-10-8-6-4-2/h25-27H,3-22,24H2,1-2H3. The van der Waals surface area contributed by atoms with Crippen LogP contribution in [0.25, 0.3) is 0 Å². The van der Waals surface area contributed by atoms with Gasteiger partial charge in [-0.3, -0.25) is 0 Å². The lowest BCUT2D eigenvalue weighted by atomic mass is 9.71. The molecule has 0 unspecified atom stereocenters. The first-order chi connectivity index (χ1) is 15.2. The minimum absolute atomic E-state index is 0.0815. The first-order valence-corrected chi connectivity index (χ1v) is 13.9. The number of nitrogens with zero attached hydrogens (tertiary/aromatic N) is 1. The molecule has 180 valence electrons. The monoisotopic (exact) mass is 433 g/mol. The van der Waals surface area contributed by atoms with E-state index in [2.05, 4.69) is 19.9 Å². The minimum atomic E-state index is -0.0815. The highest BCUT2D eigenvalue weighted by Crippen LogP contribution is 2.41. The van der Waals surface area contributed by atoms with Crippen molar-refractivity contribution in [3.63, 3.8) is 0 Å². The molecule has 0 saturated heterocycles. The van der Waals surface area contributed by atoms with Gasteiger partial charge in [0.15, 0.2) is 0 Å². The van der Waals surface area contributed by atoms with Crippen LogP contribution < -0.4 is 0 Å². The molecule has 2 saturated carbocycles. The van der Waals surface area contributed by atoms with Gasteiger partial charge in [-0.25, -0.2) is 0 Å². The van der Waals surface area contributed by atoms with E-state index in [9.17, 15) is 5.26 Å². The number of hydrogen-bond acceptors (Lipinski definition) is 3. The molecule has 2 rings (SSSR count). The lowest BCUT2D eigenvalue weighted by Crippen LogP contribution is -2.31. The van der Waals surface area contributed by atoms with E-state index in [1.165, 1.54) is 96.3 Å². The molecule has 0 aromatic carbocycles. The van der Waals surface area contributed by atoms with E-state index < -0.39 is 0 Å². The summed E-state index contributed by atoms with van der Waals surface area (Å²) in [5.41, 5.74) is -0.0815. The number of ether oxygens (including phenoxy) is 2. The molecule has 0 N–H and O–H groups in total. The maximum atomic E-state index is 9.77. The quantitative estimate of drug-likeness (QED) is 0.180. The third-order valence-electron chi connectivity index (χ3n) is 8.00. The predicted octanol–water partition coefficient (Wildman–Crippen LogP) is 8.71. The summed E-state index contributed by atoms with van der Waals surface area (Å²) in [5.74, 6) is 0.932. The van der Waals surface area contributed by atoms with Crippen LogP contribution in [-0.4, -0.2) is 19.0 Å². The molecule has 3 heteroatoms. The molecule has 31 heavy (non-hydrogen) atoms. The zero-order valence-electron chi connectivity index (χ0n) is 20.8. The fraction of sp³-hybridized carbons (Fsp3) is 0.964. The SMILES string of the molecule is CCCCCCCC1CCC(OCOC2CCC(C#N)(CCCCCCC)CC2)CC1. The molecule has 3 nitrogen and oxygen atoms in total. The second-order valence-electron chi connectivity index (χ2n) is 10.6. The molecule has 0 heterocycles. The van der Waals surface area contributed by atoms with Gasteiger partial charge in [-0.05, 0) is 63.7 Å². The molecule has 0 radical (unpaired) electrons. The Bertz CT molecular complexity index is 470. The van der Waals surface area contributed by atoms with Gasteiger partial charge in [0, 0.05) is 0 Å². The molecular formula is C28H51NO2. The highest BCUT2D eigenvalue weighted by molar-refractivity contribution is 5.01. The van der Waals surface area contributed by atoms with Crippen LogP contribution in [-0.2, 0) is 9.47 Å². The highest BCUT2D eigenvalue weighted by Gasteiger charge is 2.35. The summed E-state index contributed by atoms with van der Waals surface area (Å²) in [4.78, 5) is 0. The molecule has 0 atom stereocenters. The van der Waals surface area contributed by atoms with Gasteiger partial charge >= 0.3 is 0 Å². The molecular weight excluding hydrogens is 382 g/mol. The van der Waals surface area contributed by atoms with E-state index in [1.807, 2.05) is 0 Å². The molecule has 2 fully saturated rings. The largest absolute Gasteiger partial charge is 0.352 e. The van der Waals surface area contributed by atoms with Gasteiger partial charge in [-0.15, -0.1) is 0 Å². The van der Waals surface area contributed by atoms with Crippen LogP contribution in [0.3, 0.4) is 0 Å². The van der Waals surface area contributed by atoms with Crippen molar-refractivity contribution in [2.45, 2.75) is 154 Å². The van der Waals surface area contributed by atoms with E-state index in [-0.39, 0.29) is 5.41 Å². The van der Waals surface area contributed by atoms with Crippen LogP contribution in [0.15, 0.2) is 0 Å². The van der Waals surface area contributed by atoms with Gasteiger partial charge in [-0.1, -0.05) is 84.5 Å². The second-order valence-corrected chi connectivity index (χ2v) is 10.6. The summed E-state index contributed by atoms with van der Waals surface area (Å²) in [5, 5.41) is 9.77. The maximum Gasteiger partial charge on any atom is 0.147 e. The van der Waals surface area contributed by atoms with Crippen LogP contribution >= 0.6 is 0 Å². The number of rotatable bonds is 16. The number of unbranched alkanes of at least 4 members (excludes halogenated alkanes) is 8. The Balaban J connectivity index is 1.51. The van der Waals surface area contributed by atoms with Crippen molar-refractivity contribution in [2.75, 3.05) is 6.79 Å². The Morgan fingerprint density at radius 2 is 1.26 bits per heavy atom. The summed E-state index contributed by atoms with van der Waals surface area (Å²) in [7, 11) is 0. The first kappa shape index (κ1) is 26.7. The average Bonchev–Trinajstić information content (AvgIpc) is 2.81. The van der Waals surface area contributed by atoms with Crippen molar-refractivity contribution in [3.05, 3.63) is 0 Å². The lowest BCUT2D eigenvalue weighted by Gasteiger charge is -2.35. The second kappa shape index (κ2) is 16.1. The molecule has 0 bridgehead atoms. The Morgan fingerprint density at radius 1 is 0.710 bits per heavy atom. The van der Waals surface area contributed by atoms with Crippen molar-refractivity contribution in [2.24, 2.45) is 11.3 Å². The summed E-state index contributed by atoms with van der Waals surface area (Å²) in [6, 6.07) is 2.68. The molecule has 0 aliphatic heterocycles. The van der Waals surface area contributed by atoms with Gasteiger partial charge in [0.1, 0.15) is 6.79 Å². The summed E-state index contributed by atoms with van der Waals surface area (Å²) >= 11 is 0. The Labute approximate surface area is 193 Å². The molecule has 0 aromatic rings. The van der Waals surface area contributed by atoms with E-state index in [1.54, 1.807) is 0 Å². The fourth-order valence-electron chi connectivity index (χ4n) is 5.65. The molecule has 0 aromatic heterocycles. The zero-order chi connectivity index (χ0) is 22.2. The minimum Gasteiger partial charge on any atom is -0.352 e. The summed E-state index contributed by atoms with van der Waals surface area (Å²) in [6.07, 6.45) is 25.8. The third-order valence-corrected chi connectivity index (χ3v) is 8.00. The van der Waals surface area contributed by atoms with Crippen LogP contribution in [0, 0.1) is 22.7 Å². The van der Waals surface area contributed by atoms with E-state index in [0.717, 1.165) is 38.0 Å². The molecule has 0 amide bonds. The van der Waals surface area contributed by atoms with Gasteiger partial charge < -0.3 is 9.47 Å². The average molecular weight is 434 g/mol. The number of hydrogen-bond donors (Lipinski definition) is 0. The first-order valence-electron chi connectivity index (χ1n) is 13.9. The van der Waals surface area contributed by atoms with E-state index in [4.69, 9.17) is 9.47 Å². The summed E-state index contributed by atoms with van der Waals surface area (Å²) in [6.45, 7) is 4.99. The van der Waals surface area contributed by atoms with Gasteiger partial charge in [0.05, 0.1) is 23.7 Å². The van der Waals surface area contributed by atoms with Crippen molar-refractivity contribution in [1.82, 2.24) is 0 Å². The van der Waals surface area contributed by atoms with Crippen molar-refractivity contribution in [1.29, 1.82) is 5.26 Å². The van der Waals surface area contributed by atoms with Crippen LogP contribution in [0.4, 0.5) is 0 Å². The zero-order valence-corrected chi connectivity index (χ0v) is 20.8. The van der Waals surface area contributed by atoms with Gasteiger partial charge in [0.25, 0.3) is 0 Å². The smallest absolute Gasteiger partial charge is 0.147 e. The number of nitriles is 1. The Kier molecular flexibility index (Phi) is 13.8. The fourth-order valence-corrected chi connectivity index (χ4v) is 5.65. The summed E-state index contributed by atoms with van der Waals surface area (Å²) < 4.78 is 12.2. The van der Waals surface area contributed by atoms with Crippen molar-refractivity contribution in [3.8, 4) is 6.07 Å². The topological polar surface area (TPSA) is 42.2 Å².